The van der Waals surface area contributed by atoms with Crippen molar-refractivity contribution < 1.29 is 21.8 Å². The molecule has 0 bridgehead atoms. The molecule has 0 aromatic heterocycles. The van der Waals surface area contributed by atoms with Crippen LogP contribution in [0.5, 0.6) is 5.75 Å². The molecule has 0 N–H and O–H groups in total. The van der Waals surface area contributed by atoms with Gasteiger partial charge in [0.05, 0.1) is 22.0 Å². The Bertz CT molecular complexity index is 772. The highest BCUT2D eigenvalue weighted by molar-refractivity contribution is 8.04. The summed E-state index contributed by atoms with van der Waals surface area (Å²) in [5, 5.41) is 0. The van der Waals surface area contributed by atoms with Crippen LogP contribution in [0.2, 0.25) is 0 Å². The number of ether oxygens (including phenoxy) is 1. The Morgan fingerprint density at radius 1 is 1.29 bits per heavy atom. The van der Waals surface area contributed by atoms with Crippen LogP contribution in [-0.4, -0.2) is 37.3 Å². The third-order valence-corrected chi connectivity index (χ3v) is 8.06. The minimum Gasteiger partial charge on any atom is -0.489 e. The molecule has 1 fully saturated rings. The van der Waals surface area contributed by atoms with E-state index in [-0.39, 0.29) is 24.6 Å². The Balaban J connectivity index is 2.06. The number of rotatable bonds is 2. The molecule has 0 saturated carbocycles. The van der Waals surface area contributed by atoms with Gasteiger partial charge in [0.1, 0.15) is 18.2 Å². The molecule has 6 nitrogen and oxygen atoms in total. The summed E-state index contributed by atoms with van der Waals surface area (Å²) in [6.07, 6.45) is 1.43. The molecule has 2 heterocycles. The van der Waals surface area contributed by atoms with Gasteiger partial charge < -0.3 is 4.74 Å². The van der Waals surface area contributed by atoms with E-state index in [1.807, 2.05) is 0 Å². The number of halogens is 1. The lowest BCUT2D eigenvalue weighted by atomic mass is 10.2. The zero-order valence-electron chi connectivity index (χ0n) is 11.2. The smallest absolute Gasteiger partial charge is 0.352 e. The van der Waals surface area contributed by atoms with Crippen molar-refractivity contribution in [3.05, 3.63) is 24.0 Å². The lowest BCUT2D eigenvalue weighted by molar-refractivity contribution is 0.315. The molecule has 0 unspecified atom stereocenters. The molecule has 0 spiro atoms. The van der Waals surface area contributed by atoms with Crippen molar-refractivity contribution in [2.24, 2.45) is 3.77 Å². The first-order valence-electron chi connectivity index (χ1n) is 6.58. The average molecular weight is 334 g/mol. The van der Waals surface area contributed by atoms with Crippen molar-refractivity contribution in [2.45, 2.75) is 12.8 Å². The predicted molar refractivity (Wildman–Crippen MR) is 77.7 cm³/mol. The van der Waals surface area contributed by atoms with E-state index in [2.05, 4.69) is 3.77 Å². The summed E-state index contributed by atoms with van der Waals surface area (Å²) >= 11 is 0. The molecule has 2 aliphatic heterocycles. The Morgan fingerprint density at radius 3 is 2.71 bits per heavy atom. The van der Waals surface area contributed by atoms with Gasteiger partial charge in [-0.05, 0) is 25.0 Å². The number of hydrogen-bond acceptors (Lipinski definition) is 4. The van der Waals surface area contributed by atoms with Gasteiger partial charge in [-0.3, -0.25) is 0 Å². The van der Waals surface area contributed by atoms with Crippen molar-refractivity contribution >= 4 is 25.6 Å². The van der Waals surface area contributed by atoms with E-state index in [0.29, 0.717) is 24.3 Å². The average Bonchev–Trinajstić information content (AvgIpc) is 2.83. The Kier molecular flexibility index (Phi) is 3.56. The monoisotopic (exact) mass is 334 g/mol. The largest absolute Gasteiger partial charge is 0.489 e. The molecule has 9 heteroatoms. The van der Waals surface area contributed by atoms with E-state index in [0.717, 1.165) is 10.4 Å². The van der Waals surface area contributed by atoms with Crippen LogP contribution in [0.1, 0.15) is 12.8 Å². The molecule has 21 heavy (non-hydrogen) atoms. The van der Waals surface area contributed by atoms with Crippen molar-refractivity contribution in [3.8, 4) is 5.75 Å². The molecule has 116 valence electrons. The summed E-state index contributed by atoms with van der Waals surface area (Å²) in [5.74, 6) is 0.311. The topological polar surface area (TPSA) is 76.0 Å². The molecule has 1 saturated heterocycles. The van der Waals surface area contributed by atoms with E-state index in [1.165, 1.54) is 12.1 Å². The quantitative estimate of drug-likeness (QED) is 0.822. The van der Waals surface area contributed by atoms with Gasteiger partial charge >= 0.3 is 10.2 Å². The third kappa shape index (κ3) is 2.84. The van der Waals surface area contributed by atoms with Crippen LogP contribution in [0.4, 0.5) is 10.1 Å². The van der Waals surface area contributed by atoms with Gasteiger partial charge in [-0.1, -0.05) is 3.77 Å². The fourth-order valence-corrected chi connectivity index (χ4v) is 6.95. The van der Waals surface area contributed by atoms with Crippen LogP contribution in [0, 0.1) is 5.82 Å². The molecule has 0 aliphatic carbocycles. The molecular formula is C12H15FN2O4S2. The van der Waals surface area contributed by atoms with Crippen LogP contribution in [0.15, 0.2) is 22.0 Å². The molecule has 0 amide bonds. The van der Waals surface area contributed by atoms with E-state index in [4.69, 9.17) is 4.74 Å². The van der Waals surface area contributed by atoms with Gasteiger partial charge in [-0.25, -0.2) is 12.9 Å². The van der Waals surface area contributed by atoms with Gasteiger partial charge in [0.2, 0.25) is 0 Å². The van der Waals surface area contributed by atoms with Crippen molar-refractivity contribution in [3.63, 3.8) is 0 Å². The van der Waals surface area contributed by atoms with E-state index < -0.39 is 25.8 Å². The SMILES string of the molecule is O=S(=O)(N=S1(=O)CCCC1)N1CCOc2ccc(F)cc21. The molecule has 2 aliphatic rings. The highest BCUT2D eigenvalue weighted by atomic mass is 32.3. The van der Waals surface area contributed by atoms with Crippen LogP contribution in [0.3, 0.4) is 0 Å². The molecule has 0 atom stereocenters. The molecule has 1 aromatic carbocycles. The van der Waals surface area contributed by atoms with E-state index >= 15 is 0 Å². The molecular weight excluding hydrogens is 319 g/mol. The maximum atomic E-state index is 13.4. The van der Waals surface area contributed by atoms with E-state index in [9.17, 15) is 17.0 Å². The minimum absolute atomic E-state index is 0.0256. The minimum atomic E-state index is -4.12. The predicted octanol–water partition coefficient (Wildman–Crippen LogP) is 1.53. The second-order valence-electron chi connectivity index (χ2n) is 4.97. The fraction of sp³-hybridized carbons (Fsp3) is 0.500. The first kappa shape index (κ1) is 14.6. The highest BCUT2D eigenvalue weighted by Gasteiger charge is 2.31. The normalized spacial score (nSPS) is 20.7. The van der Waals surface area contributed by atoms with Gasteiger partial charge in [0.15, 0.2) is 0 Å². The van der Waals surface area contributed by atoms with Gasteiger partial charge in [-0.2, -0.15) is 8.42 Å². The standard InChI is InChI=1S/C12H15FN2O4S2/c13-10-3-4-12-11(9-10)15(5-6-19-12)21(17,18)14-20(16)7-1-2-8-20/h3-4,9H,1-2,5-8H2. The Hall–Kier alpha value is -1.35. The zero-order valence-corrected chi connectivity index (χ0v) is 12.8. The lowest BCUT2D eigenvalue weighted by Gasteiger charge is -2.28. The summed E-state index contributed by atoms with van der Waals surface area (Å²) < 4.78 is 60.5. The Morgan fingerprint density at radius 2 is 2.00 bits per heavy atom. The summed E-state index contributed by atoms with van der Waals surface area (Å²) in [7, 11) is -6.83. The third-order valence-electron chi connectivity index (χ3n) is 3.43. The maximum absolute atomic E-state index is 13.4. The Labute approximate surface area is 123 Å². The summed E-state index contributed by atoms with van der Waals surface area (Å²) in [6, 6.07) is 3.66. The van der Waals surface area contributed by atoms with Crippen molar-refractivity contribution in [1.29, 1.82) is 0 Å². The number of benzene rings is 1. The van der Waals surface area contributed by atoms with Gasteiger partial charge in [-0.15, -0.1) is 0 Å². The van der Waals surface area contributed by atoms with Crippen molar-refractivity contribution in [1.82, 2.24) is 0 Å². The maximum Gasteiger partial charge on any atom is 0.352 e. The summed E-state index contributed by atoms with van der Waals surface area (Å²) in [5.41, 5.74) is 0.103. The van der Waals surface area contributed by atoms with Crippen LogP contribution in [-0.2, 0) is 19.9 Å². The molecule has 3 rings (SSSR count). The van der Waals surface area contributed by atoms with Gasteiger partial charge in [0, 0.05) is 17.6 Å². The molecule has 1 aromatic rings. The summed E-state index contributed by atoms with van der Waals surface area (Å²) in [6.45, 7) is 0.173. The van der Waals surface area contributed by atoms with Gasteiger partial charge in [0.25, 0.3) is 0 Å². The number of anilines is 1. The second kappa shape index (κ2) is 5.13. The molecule has 0 radical (unpaired) electrons. The van der Waals surface area contributed by atoms with Crippen molar-refractivity contribution in [2.75, 3.05) is 29.0 Å². The zero-order chi connectivity index (χ0) is 15.1. The highest BCUT2D eigenvalue weighted by Crippen LogP contribution is 2.34. The lowest BCUT2D eigenvalue weighted by Crippen LogP contribution is -2.37. The van der Waals surface area contributed by atoms with Crippen LogP contribution in [0.25, 0.3) is 0 Å². The number of nitrogens with zero attached hydrogens (tertiary/aromatic N) is 2. The van der Waals surface area contributed by atoms with E-state index in [1.54, 1.807) is 0 Å². The first-order valence-corrected chi connectivity index (χ1v) is 9.83. The number of fused-ring (bicyclic) bond motifs is 1. The summed E-state index contributed by atoms with van der Waals surface area (Å²) in [4.78, 5) is 0. The fourth-order valence-electron chi connectivity index (χ4n) is 2.45. The first-order chi connectivity index (χ1) is 9.90. The van der Waals surface area contributed by atoms with Crippen LogP contribution >= 0.6 is 0 Å². The number of hydrogen-bond donors (Lipinski definition) is 0. The van der Waals surface area contributed by atoms with Crippen LogP contribution < -0.4 is 9.04 Å². The second-order valence-corrected chi connectivity index (χ2v) is 9.27.